The van der Waals surface area contributed by atoms with Gasteiger partial charge in [0, 0.05) is 11.5 Å². The van der Waals surface area contributed by atoms with Crippen LogP contribution in [-0.2, 0) is 0 Å². The highest BCUT2D eigenvalue weighted by molar-refractivity contribution is 5.81. The van der Waals surface area contributed by atoms with Crippen LogP contribution >= 0.6 is 0 Å². The summed E-state index contributed by atoms with van der Waals surface area (Å²) in [5, 5.41) is 1.11. The molecular formula is C13H10N4. The molecule has 0 aliphatic rings. The van der Waals surface area contributed by atoms with Crippen molar-refractivity contribution in [3.8, 4) is 11.4 Å². The molecule has 0 unspecified atom stereocenters. The van der Waals surface area contributed by atoms with Crippen LogP contribution in [0.3, 0.4) is 0 Å². The fraction of sp³-hybridized carbons (Fsp3) is 0. The van der Waals surface area contributed by atoms with Gasteiger partial charge >= 0.3 is 0 Å². The molecule has 0 fully saturated rings. The Labute approximate surface area is 98.2 Å². The molecule has 0 amide bonds. The number of nitrogens with zero attached hydrogens (tertiary/aromatic N) is 3. The van der Waals surface area contributed by atoms with E-state index in [0.29, 0.717) is 5.82 Å². The zero-order valence-electron chi connectivity index (χ0n) is 9.04. The summed E-state index contributed by atoms with van der Waals surface area (Å²) in [5.74, 6) is 0.449. The maximum Gasteiger partial charge on any atom is 0.127 e. The average Bonchev–Trinajstić information content (AvgIpc) is 2.38. The molecule has 0 aliphatic carbocycles. The maximum atomic E-state index is 5.63. The summed E-state index contributed by atoms with van der Waals surface area (Å²) < 4.78 is 0. The molecule has 1 aromatic carbocycles. The van der Waals surface area contributed by atoms with Gasteiger partial charge in [-0.05, 0) is 12.1 Å². The van der Waals surface area contributed by atoms with E-state index in [1.165, 1.54) is 6.33 Å². The van der Waals surface area contributed by atoms with Gasteiger partial charge in [-0.25, -0.2) is 15.0 Å². The molecular weight excluding hydrogens is 212 g/mol. The zero-order valence-corrected chi connectivity index (χ0v) is 9.04. The average molecular weight is 222 g/mol. The van der Waals surface area contributed by atoms with Crippen molar-refractivity contribution in [1.82, 2.24) is 15.0 Å². The van der Waals surface area contributed by atoms with Crippen molar-refractivity contribution in [3.63, 3.8) is 0 Å². The molecule has 0 saturated heterocycles. The number of nitrogen functional groups attached to an aromatic ring is 1. The van der Waals surface area contributed by atoms with Crippen molar-refractivity contribution in [2.24, 2.45) is 0 Å². The Bertz CT molecular complexity index is 679. The Morgan fingerprint density at radius 1 is 0.882 bits per heavy atom. The molecule has 2 N–H and O–H groups in total. The van der Waals surface area contributed by atoms with Crippen molar-refractivity contribution >= 4 is 16.7 Å². The smallest absolute Gasteiger partial charge is 0.127 e. The summed E-state index contributed by atoms with van der Waals surface area (Å²) in [4.78, 5) is 12.6. The highest BCUT2D eigenvalue weighted by Crippen LogP contribution is 2.19. The van der Waals surface area contributed by atoms with E-state index < -0.39 is 0 Å². The fourth-order valence-corrected chi connectivity index (χ4v) is 1.72. The molecule has 2 heterocycles. The quantitative estimate of drug-likeness (QED) is 0.686. The van der Waals surface area contributed by atoms with Crippen LogP contribution in [0.2, 0.25) is 0 Å². The van der Waals surface area contributed by atoms with E-state index in [9.17, 15) is 0 Å². The number of hydrogen-bond acceptors (Lipinski definition) is 4. The van der Waals surface area contributed by atoms with Crippen molar-refractivity contribution in [3.05, 3.63) is 48.8 Å². The number of para-hydroxylation sites is 1. The minimum atomic E-state index is 0.449. The first-order valence-electron chi connectivity index (χ1n) is 5.26. The summed E-state index contributed by atoms with van der Waals surface area (Å²) in [6, 6.07) is 13.6. The van der Waals surface area contributed by atoms with Crippen molar-refractivity contribution in [1.29, 1.82) is 0 Å². The van der Waals surface area contributed by atoms with Crippen LogP contribution in [0.25, 0.3) is 22.3 Å². The second-order valence-electron chi connectivity index (χ2n) is 3.72. The number of nitrogens with two attached hydrogens (primary N) is 1. The van der Waals surface area contributed by atoms with E-state index in [4.69, 9.17) is 5.73 Å². The third-order valence-electron chi connectivity index (χ3n) is 2.55. The third-order valence-corrected chi connectivity index (χ3v) is 2.55. The summed E-state index contributed by atoms with van der Waals surface area (Å²) in [7, 11) is 0. The molecule has 0 spiro atoms. The lowest BCUT2D eigenvalue weighted by Gasteiger charge is -2.02. The minimum absolute atomic E-state index is 0.449. The molecule has 4 heteroatoms. The lowest BCUT2D eigenvalue weighted by molar-refractivity contribution is 1.17. The molecule has 0 bridgehead atoms. The third kappa shape index (κ3) is 1.80. The first-order valence-corrected chi connectivity index (χ1v) is 5.26. The van der Waals surface area contributed by atoms with Crippen LogP contribution in [0.1, 0.15) is 0 Å². The Hall–Kier alpha value is -2.49. The van der Waals surface area contributed by atoms with Crippen molar-refractivity contribution in [2.75, 3.05) is 5.73 Å². The summed E-state index contributed by atoms with van der Waals surface area (Å²) in [6.45, 7) is 0. The Balaban J connectivity index is 2.18. The number of pyridine rings is 1. The van der Waals surface area contributed by atoms with Crippen LogP contribution in [0, 0.1) is 0 Å². The fourth-order valence-electron chi connectivity index (χ4n) is 1.72. The first-order chi connectivity index (χ1) is 8.33. The largest absolute Gasteiger partial charge is 0.384 e. The first kappa shape index (κ1) is 9.72. The van der Waals surface area contributed by atoms with Gasteiger partial charge in [-0.3, -0.25) is 0 Å². The number of aromatic nitrogens is 3. The van der Waals surface area contributed by atoms with Gasteiger partial charge in [0.2, 0.25) is 0 Å². The molecule has 0 saturated carbocycles. The van der Waals surface area contributed by atoms with E-state index >= 15 is 0 Å². The lowest BCUT2D eigenvalue weighted by Crippen LogP contribution is -1.94. The Kier molecular flexibility index (Phi) is 2.19. The van der Waals surface area contributed by atoms with Gasteiger partial charge in [0.1, 0.15) is 12.1 Å². The van der Waals surface area contributed by atoms with Gasteiger partial charge in [0.25, 0.3) is 0 Å². The highest BCUT2D eigenvalue weighted by atomic mass is 14.9. The van der Waals surface area contributed by atoms with Gasteiger partial charge in [0.05, 0.1) is 16.9 Å². The number of fused-ring (bicyclic) bond motifs is 1. The van der Waals surface area contributed by atoms with Gasteiger partial charge in [-0.2, -0.15) is 0 Å². The Morgan fingerprint density at radius 3 is 2.65 bits per heavy atom. The molecule has 0 atom stereocenters. The van der Waals surface area contributed by atoms with Crippen LogP contribution in [0.5, 0.6) is 0 Å². The molecule has 0 aliphatic heterocycles. The second-order valence-corrected chi connectivity index (χ2v) is 3.72. The molecule has 4 nitrogen and oxygen atoms in total. The number of anilines is 1. The maximum absolute atomic E-state index is 5.63. The molecule has 2 aromatic heterocycles. The summed E-state index contributed by atoms with van der Waals surface area (Å²) in [5.41, 5.74) is 8.12. The molecule has 3 rings (SSSR count). The van der Waals surface area contributed by atoms with E-state index in [-0.39, 0.29) is 0 Å². The normalized spacial score (nSPS) is 10.6. The SMILES string of the molecule is Nc1cc(-c2ccc3ccccc3n2)ncn1. The van der Waals surface area contributed by atoms with Crippen LogP contribution in [-0.4, -0.2) is 15.0 Å². The highest BCUT2D eigenvalue weighted by Gasteiger charge is 2.03. The molecule has 3 aromatic rings. The van der Waals surface area contributed by atoms with Gasteiger partial charge in [-0.1, -0.05) is 24.3 Å². The standard InChI is InChI=1S/C13H10N4/c14-13-7-12(15-8-16-13)11-6-5-9-3-1-2-4-10(9)17-11/h1-8H,(H2,14,15,16). The Morgan fingerprint density at radius 2 is 1.76 bits per heavy atom. The lowest BCUT2D eigenvalue weighted by atomic mass is 10.2. The molecule has 0 radical (unpaired) electrons. The predicted octanol–water partition coefficient (Wildman–Crippen LogP) is 2.27. The zero-order chi connectivity index (χ0) is 11.7. The molecule has 17 heavy (non-hydrogen) atoms. The predicted molar refractivity (Wildman–Crippen MR) is 67.2 cm³/mol. The van der Waals surface area contributed by atoms with E-state index in [1.807, 2.05) is 36.4 Å². The van der Waals surface area contributed by atoms with Crippen molar-refractivity contribution in [2.45, 2.75) is 0 Å². The van der Waals surface area contributed by atoms with Gasteiger partial charge in [-0.15, -0.1) is 0 Å². The van der Waals surface area contributed by atoms with Crippen molar-refractivity contribution < 1.29 is 0 Å². The minimum Gasteiger partial charge on any atom is -0.384 e. The topological polar surface area (TPSA) is 64.7 Å². The number of rotatable bonds is 1. The van der Waals surface area contributed by atoms with E-state index in [2.05, 4.69) is 15.0 Å². The van der Waals surface area contributed by atoms with Gasteiger partial charge in [0.15, 0.2) is 0 Å². The van der Waals surface area contributed by atoms with Crippen LogP contribution in [0.15, 0.2) is 48.8 Å². The van der Waals surface area contributed by atoms with Crippen LogP contribution < -0.4 is 5.73 Å². The summed E-state index contributed by atoms with van der Waals surface area (Å²) in [6.07, 6.45) is 1.45. The van der Waals surface area contributed by atoms with Gasteiger partial charge < -0.3 is 5.73 Å². The monoisotopic (exact) mass is 222 g/mol. The van der Waals surface area contributed by atoms with E-state index in [0.717, 1.165) is 22.3 Å². The summed E-state index contributed by atoms with van der Waals surface area (Å²) >= 11 is 0. The number of benzene rings is 1. The second kappa shape index (κ2) is 3.83. The molecule has 82 valence electrons. The van der Waals surface area contributed by atoms with E-state index in [1.54, 1.807) is 6.07 Å². The van der Waals surface area contributed by atoms with Crippen LogP contribution in [0.4, 0.5) is 5.82 Å². The number of hydrogen-bond donors (Lipinski definition) is 1.